The summed E-state index contributed by atoms with van der Waals surface area (Å²) in [5.41, 5.74) is 0. The van der Waals surface area contributed by atoms with Gasteiger partial charge in [0.15, 0.2) is 0 Å². The summed E-state index contributed by atoms with van der Waals surface area (Å²) in [6.45, 7) is 9.35. The van der Waals surface area contributed by atoms with Crippen LogP contribution in [0.3, 0.4) is 0 Å². The minimum absolute atomic E-state index is 0.0478. The predicted molar refractivity (Wildman–Crippen MR) is 61.8 cm³/mol. The molecule has 0 aliphatic heterocycles. The SMILES string of the molecule is COCC(C)NC(C)C(=O)NCC(C)C. The topological polar surface area (TPSA) is 50.4 Å². The van der Waals surface area contributed by atoms with Crippen LogP contribution >= 0.6 is 0 Å². The lowest BCUT2D eigenvalue weighted by Crippen LogP contribution is -2.47. The smallest absolute Gasteiger partial charge is 0.236 e. The standard InChI is InChI=1S/C11H24N2O2/c1-8(2)6-12-11(14)10(4)13-9(3)7-15-5/h8-10,13H,6-7H2,1-5H3,(H,12,14). The van der Waals surface area contributed by atoms with Gasteiger partial charge in [0.2, 0.25) is 5.91 Å². The van der Waals surface area contributed by atoms with Crippen LogP contribution in [0.5, 0.6) is 0 Å². The average molecular weight is 216 g/mol. The Morgan fingerprint density at radius 1 is 1.27 bits per heavy atom. The lowest BCUT2D eigenvalue weighted by molar-refractivity contribution is -0.123. The van der Waals surface area contributed by atoms with Crippen LogP contribution in [0, 0.1) is 5.92 Å². The first-order valence-corrected chi connectivity index (χ1v) is 5.50. The van der Waals surface area contributed by atoms with Crippen LogP contribution < -0.4 is 10.6 Å². The third kappa shape index (κ3) is 7.33. The lowest BCUT2D eigenvalue weighted by atomic mass is 10.2. The van der Waals surface area contributed by atoms with Gasteiger partial charge in [0.1, 0.15) is 0 Å². The van der Waals surface area contributed by atoms with E-state index in [1.807, 2.05) is 13.8 Å². The van der Waals surface area contributed by atoms with Gasteiger partial charge in [-0.15, -0.1) is 0 Å². The molecule has 0 saturated heterocycles. The van der Waals surface area contributed by atoms with Gasteiger partial charge in [-0.2, -0.15) is 0 Å². The van der Waals surface area contributed by atoms with Gasteiger partial charge in [-0.05, 0) is 19.8 Å². The monoisotopic (exact) mass is 216 g/mol. The molecule has 0 fully saturated rings. The highest BCUT2D eigenvalue weighted by atomic mass is 16.5. The minimum Gasteiger partial charge on any atom is -0.383 e. The van der Waals surface area contributed by atoms with Crippen molar-refractivity contribution in [3.63, 3.8) is 0 Å². The quantitative estimate of drug-likeness (QED) is 0.661. The molecule has 0 saturated carbocycles. The highest BCUT2D eigenvalue weighted by Gasteiger charge is 2.14. The first-order chi connectivity index (χ1) is 6.97. The van der Waals surface area contributed by atoms with Crippen LogP contribution in [0.4, 0.5) is 0 Å². The second-order valence-electron chi connectivity index (χ2n) is 4.38. The molecule has 0 bridgehead atoms. The van der Waals surface area contributed by atoms with Crippen LogP contribution in [0.1, 0.15) is 27.7 Å². The van der Waals surface area contributed by atoms with Crippen LogP contribution in [0.15, 0.2) is 0 Å². The summed E-state index contributed by atoms with van der Waals surface area (Å²) in [5.74, 6) is 0.532. The van der Waals surface area contributed by atoms with E-state index in [0.29, 0.717) is 12.5 Å². The summed E-state index contributed by atoms with van der Waals surface area (Å²) in [6, 6.07) is 0.0173. The van der Waals surface area contributed by atoms with E-state index in [0.717, 1.165) is 6.54 Å². The molecule has 0 spiro atoms. The molecule has 1 amide bonds. The maximum Gasteiger partial charge on any atom is 0.236 e. The number of hydrogen-bond acceptors (Lipinski definition) is 3. The number of carbonyl (C=O) groups excluding carboxylic acids is 1. The van der Waals surface area contributed by atoms with Crippen LogP contribution in [-0.4, -0.2) is 38.3 Å². The van der Waals surface area contributed by atoms with E-state index in [1.165, 1.54) is 0 Å². The fraction of sp³-hybridized carbons (Fsp3) is 0.909. The van der Waals surface area contributed by atoms with Crippen molar-refractivity contribution in [1.29, 1.82) is 0 Å². The van der Waals surface area contributed by atoms with Gasteiger partial charge in [-0.25, -0.2) is 0 Å². The molecular weight excluding hydrogens is 192 g/mol. The lowest BCUT2D eigenvalue weighted by Gasteiger charge is -2.19. The highest BCUT2D eigenvalue weighted by Crippen LogP contribution is 1.91. The summed E-state index contributed by atoms with van der Waals surface area (Å²) >= 11 is 0. The molecule has 2 unspecified atom stereocenters. The van der Waals surface area contributed by atoms with E-state index in [4.69, 9.17) is 4.74 Å². The molecule has 90 valence electrons. The summed E-state index contributed by atoms with van der Waals surface area (Å²) in [6.07, 6.45) is 0. The first kappa shape index (κ1) is 14.4. The zero-order valence-electron chi connectivity index (χ0n) is 10.5. The summed E-state index contributed by atoms with van der Waals surface area (Å²) in [7, 11) is 1.65. The Hall–Kier alpha value is -0.610. The Morgan fingerprint density at radius 3 is 2.33 bits per heavy atom. The van der Waals surface area contributed by atoms with E-state index in [2.05, 4.69) is 24.5 Å². The van der Waals surface area contributed by atoms with Crippen molar-refractivity contribution in [3.8, 4) is 0 Å². The van der Waals surface area contributed by atoms with E-state index < -0.39 is 0 Å². The fourth-order valence-electron chi connectivity index (χ4n) is 1.26. The van der Waals surface area contributed by atoms with Crippen LogP contribution in [0.25, 0.3) is 0 Å². The number of nitrogens with one attached hydrogen (secondary N) is 2. The minimum atomic E-state index is -0.172. The Balaban J connectivity index is 3.78. The molecule has 0 aromatic carbocycles. The normalized spacial score (nSPS) is 15.1. The predicted octanol–water partition coefficient (Wildman–Crippen LogP) is 0.772. The largest absolute Gasteiger partial charge is 0.383 e. The van der Waals surface area contributed by atoms with Gasteiger partial charge in [0, 0.05) is 19.7 Å². The molecule has 0 aliphatic carbocycles. The molecule has 2 N–H and O–H groups in total. The van der Waals surface area contributed by atoms with Crippen LogP contribution in [0.2, 0.25) is 0 Å². The summed E-state index contributed by atoms with van der Waals surface area (Å²) in [5, 5.41) is 6.05. The Morgan fingerprint density at radius 2 is 1.87 bits per heavy atom. The third-order valence-corrected chi connectivity index (χ3v) is 2.03. The second kappa shape index (κ2) is 7.65. The molecule has 2 atom stereocenters. The molecule has 0 radical (unpaired) electrons. The number of methoxy groups -OCH3 is 1. The second-order valence-corrected chi connectivity index (χ2v) is 4.38. The molecule has 0 rings (SSSR count). The summed E-state index contributed by atoms with van der Waals surface area (Å²) < 4.78 is 4.99. The van der Waals surface area contributed by atoms with Gasteiger partial charge >= 0.3 is 0 Å². The Labute approximate surface area is 92.8 Å². The molecule has 4 heteroatoms. The molecule has 0 aromatic rings. The van der Waals surface area contributed by atoms with Gasteiger partial charge in [0.05, 0.1) is 12.6 Å². The number of ether oxygens (including phenoxy) is 1. The number of amides is 1. The number of carbonyl (C=O) groups is 1. The Kier molecular flexibility index (Phi) is 7.34. The van der Waals surface area contributed by atoms with Crippen molar-refractivity contribution in [2.24, 2.45) is 5.92 Å². The molecule has 0 heterocycles. The van der Waals surface area contributed by atoms with Crippen molar-refractivity contribution < 1.29 is 9.53 Å². The van der Waals surface area contributed by atoms with E-state index in [9.17, 15) is 4.79 Å². The molecule has 4 nitrogen and oxygen atoms in total. The van der Waals surface area contributed by atoms with Gasteiger partial charge in [-0.3, -0.25) is 4.79 Å². The van der Waals surface area contributed by atoms with Crippen LogP contribution in [-0.2, 0) is 9.53 Å². The van der Waals surface area contributed by atoms with E-state index in [1.54, 1.807) is 7.11 Å². The fourth-order valence-corrected chi connectivity index (χ4v) is 1.26. The van der Waals surface area contributed by atoms with Crippen molar-refractivity contribution in [3.05, 3.63) is 0 Å². The maximum absolute atomic E-state index is 11.6. The van der Waals surface area contributed by atoms with E-state index >= 15 is 0 Å². The zero-order chi connectivity index (χ0) is 11.8. The Bertz CT molecular complexity index is 183. The average Bonchev–Trinajstić information content (AvgIpc) is 2.14. The van der Waals surface area contributed by atoms with Crippen molar-refractivity contribution >= 4 is 5.91 Å². The van der Waals surface area contributed by atoms with Crippen molar-refractivity contribution in [2.45, 2.75) is 39.8 Å². The number of hydrogen-bond donors (Lipinski definition) is 2. The third-order valence-electron chi connectivity index (χ3n) is 2.03. The van der Waals surface area contributed by atoms with Gasteiger partial charge < -0.3 is 15.4 Å². The van der Waals surface area contributed by atoms with Gasteiger partial charge in [-0.1, -0.05) is 13.8 Å². The molecule has 15 heavy (non-hydrogen) atoms. The molecule has 0 aromatic heterocycles. The number of rotatable bonds is 7. The zero-order valence-corrected chi connectivity index (χ0v) is 10.5. The van der Waals surface area contributed by atoms with Crippen molar-refractivity contribution in [1.82, 2.24) is 10.6 Å². The highest BCUT2D eigenvalue weighted by molar-refractivity contribution is 5.81. The molecular formula is C11H24N2O2. The van der Waals surface area contributed by atoms with Gasteiger partial charge in [0.25, 0.3) is 0 Å². The molecule has 0 aliphatic rings. The first-order valence-electron chi connectivity index (χ1n) is 5.50. The maximum atomic E-state index is 11.6. The summed E-state index contributed by atoms with van der Waals surface area (Å²) in [4.78, 5) is 11.6. The van der Waals surface area contributed by atoms with E-state index in [-0.39, 0.29) is 18.0 Å². The van der Waals surface area contributed by atoms with Crippen molar-refractivity contribution in [2.75, 3.05) is 20.3 Å².